The van der Waals surface area contributed by atoms with Gasteiger partial charge in [0.15, 0.2) is 0 Å². The normalized spacial score (nSPS) is 12.0. The zero-order chi connectivity index (χ0) is 18.3. The first-order valence-corrected chi connectivity index (χ1v) is 11.4. The van der Waals surface area contributed by atoms with Gasteiger partial charge in [0, 0.05) is 17.1 Å². The molecule has 25 heavy (non-hydrogen) atoms. The lowest BCUT2D eigenvalue weighted by Gasteiger charge is -2.19. The van der Waals surface area contributed by atoms with Gasteiger partial charge < -0.3 is 9.47 Å². The molecular weight excluding hydrogens is 448 g/mol. The molecule has 0 aliphatic rings. The van der Waals surface area contributed by atoms with Crippen LogP contribution in [0.15, 0.2) is 24.3 Å². The highest BCUT2D eigenvalue weighted by molar-refractivity contribution is 9.09. The minimum Gasteiger partial charge on any atom is -0.497 e. The van der Waals surface area contributed by atoms with Gasteiger partial charge in [0.05, 0.1) is 7.11 Å². The van der Waals surface area contributed by atoms with Crippen LogP contribution < -0.4 is 4.74 Å². The van der Waals surface area contributed by atoms with Crippen molar-refractivity contribution in [3.05, 3.63) is 29.8 Å². The first-order valence-electron chi connectivity index (χ1n) is 9.16. The third-order valence-corrected chi connectivity index (χ3v) is 5.25. The van der Waals surface area contributed by atoms with Crippen LogP contribution in [0.5, 0.6) is 5.75 Å². The van der Waals surface area contributed by atoms with Gasteiger partial charge in [-0.15, -0.1) is 0 Å². The topological polar surface area (TPSA) is 35.5 Å². The number of halogens is 2. The van der Waals surface area contributed by atoms with Crippen molar-refractivity contribution in [1.82, 2.24) is 0 Å². The van der Waals surface area contributed by atoms with Gasteiger partial charge in [0.25, 0.3) is 0 Å². The number of hydrogen-bond acceptors (Lipinski definition) is 3. The van der Waals surface area contributed by atoms with Crippen molar-refractivity contribution >= 4 is 37.8 Å². The molecule has 142 valence electrons. The summed E-state index contributed by atoms with van der Waals surface area (Å²) >= 11 is 6.88. The Kier molecular flexibility index (Phi) is 13.1. The van der Waals surface area contributed by atoms with E-state index in [2.05, 4.69) is 31.9 Å². The monoisotopic (exact) mass is 476 g/mol. The fourth-order valence-corrected chi connectivity index (χ4v) is 3.44. The van der Waals surface area contributed by atoms with E-state index < -0.39 is 0 Å². The number of ether oxygens (including phenoxy) is 2. The Morgan fingerprint density at radius 3 is 2.12 bits per heavy atom. The summed E-state index contributed by atoms with van der Waals surface area (Å²) in [4.78, 5) is 12.2. The first-order chi connectivity index (χ1) is 12.2. The number of hydrogen-bond donors (Lipinski definition) is 0. The number of carbonyl (C=O) groups is 1. The van der Waals surface area contributed by atoms with E-state index in [0.29, 0.717) is 6.42 Å². The van der Waals surface area contributed by atoms with Crippen LogP contribution in [-0.2, 0) is 9.53 Å². The number of esters is 1. The zero-order valence-corrected chi connectivity index (χ0v) is 18.3. The van der Waals surface area contributed by atoms with Gasteiger partial charge in [0.2, 0.25) is 0 Å². The Morgan fingerprint density at radius 1 is 0.920 bits per heavy atom. The summed E-state index contributed by atoms with van der Waals surface area (Å²) in [7, 11) is 1.66. The molecule has 0 aromatic heterocycles. The van der Waals surface area contributed by atoms with Crippen LogP contribution in [0.25, 0.3) is 0 Å². The van der Waals surface area contributed by atoms with E-state index in [9.17, 15) is 4.79 Å². The Morgan fingerprint density at radius 2 is 1.52 bits per heavy atom. The van der Waals surface area contributed by atoms with Gasteiger partial charge in [-0.2, -0.15) is 0 Å². The molecule has 3 nitrogen and oxygen atoms in total. The Labute approximate surface area is 169 Å². The third kappa shape index (κ3) is 10.2. The first kappa shape index (κ1) is 22.5. The second-order valence-corrected chi connectivity index (χ2v) is 7.73. The molecular formula is C20H30Br2O3. The summed E-state index contributed by atoms with van der Waals surface area (Å²) in [6.45, 7) is 0. The fraction of sp³-hybridized carbons (Fsp3) is 0.650. The molecule has 0 spiro atoms. The maximum absolute atomic E-state index is 12.2. The number of rotatable bonds is 14. The summed E-state index contributed by atoms with van der Waals surface area (Å²) in [6, 6.07) is 7.86. The average Bonchev–Trinajstić information content (AvgIpc) is 2.64. The van der Waals surface area contributed by atoms with Crippen LogP contribution in [0.4, 0.5) is 0 Å². The average molecular weight is 478 g/mol. The van der Waals surface area contributed by atoms with Gasteiger partial charge in [0.1, 0.15) is 11.9 Å². The lowest BCUT2D eigenvalue weighted by Crippen LogP contribution is -2.11. The maximum Gasteiger partial charge on any atom is 0.306 e. The van der Waals surface area contributed by atoms with E-state index in [1.165, 1.54) is 19.3 Å². The number of methoxy groups -OCH3 is 1. The maximum atomic E-state index is 12.2. The summed E-state index contributed by atoms with van der Waals surface area (Å²) in [5, 5.41) is 2.04. The summed E-state index contributed by atoms with van der Waals surface area (Å²) in [6.07, 6.45) is 8.92. The lowest BCUT2D eigenvalue weighted by molar-refractivity contribution is -0.150. The quantitative estimate of drug-likeness (QED) is 0.172. The van der Waals surface area contributed by atoms with Crippen LogP contribution in [0.1, 0.15) is 69.5 Å². The predicted molar refractivity (Wildman–Crippen MR) is 111 cm³/mol. The number of unbranched alkanes of at least 4 members (excludes halogenated alkanes) is 5. The van der Waals surface area contributed by atoms with Gasteiger partial charge in [-0.3, -0.25) is 4.79 Å². The standard InChI is InChI=1S/C20H30Br2O3/c1-24-18-13-11-17(12-14-18)19(9-5-2-3-7-15-21)25-20(23)10-6-4-8-16-22/h11-14,19H,2-10,15-16H2,1H3. The SMILES string of the molecule is COc1ccc(C(CCCCCCBr)OC(=O)CCCCCBr)cc1. The number of benzene rings is 1. The van der Waals surface area contributed by atoms with Crippen LogP contribution in [-0.4, -0.2) is 23.7 Å². The second-order valence-electron chi connectivity index (χ2n) is 6.14. The highest BCUT2D eigenvalue weighted by Crippen LogP contribution is 2.27. The van der Waals surface area contributed by atoms with E-state index >= 15 is 0 Å². The van der Waals surface area contributed by atoms with E-state index in [0.717, 1.165) is 54.1 Å². The van der Waals surface area contributed by atoms with E-state index in [-0.39, 0.29) is 12.1 Å². The Balaban J connectivity index is 2.55. The van der Waals surface area contributed by atoms with Crippen molar-refractivity contribution in [2.75, 3.05) is 17.8 Å². The third-order valence-electron chi connectivity index (χ3n) is 4.13. The molecule has 0 amide bonds. The van der Waals surface area contributed by atoms with Gasteiger partial charge >= 0.3 is 5.97 Å². The predicted octanol–water partition coefficient (Wildman–Crippen LogP) is 6.58. The Bertz CT molecular complexity index is 463. The number of alkyl halides is 2. The molecule has 0 N–H and O–H groups in total. The van der Waals surface area contributed by atoms with Crippen molar-refractivity contribution in [2.24, 2.45) is 0 Å². The summed E-state index contributed by atoms with van der Waals surface area (Å²) in [5.74, 6) is 0.733. The molecule has 0 saturated carbocycles. The molecule has 1 aromatic carbocycles. The van der Waals surface area contributed by atoms with E-state index in [1.54, 1.807) is 7.11 Å². The molecule has 0 aliphatic carbocycles. The van der Waals surface area contributed by atoms with Crippen molar-refractivity contribution in [1.29, 1.82) is 0 Å². The molecule has 0 fully saturated rings. The van der Waals surface area contributed by atoms with Crippen molar-refractivity contribution in [3.63, 3.8) is 0 Å². The lowest BCUT2D eigenvalue weighted by atomic mass is 10.0. The van der Waals surface area contributed by atoms with E-state index in [4.69, 9.17) is 9.47 Å². The molecule has 1 aromatic rings. The molecule has 1 unspecified atom stereocenters. The number of carbonyl (C=O) groups excluding carboxylic acids is 1. The van der Waals surface area contributed by atoms with Crippen LogP contribution >= 0.6 is 31.9 Å². The fourth-order valence-electron chi connectivity index (χ4n) is 2.65. The molecule has 0 bridgehead atoms. The molecule has 0 radical (unpaired) electrons. The highest BCUT2D eigenvalue weighted by Gasteiger charge is 2.16. The van der Waals surface area contributed by atoms with Crippen LogP contribution in [0, 0.1) is 0 Å². The Hall–Kier alpha value is -0.550. The minimum atomic E-state index is -0.154. The minimum absolute atomic E-state index is 0.0872. The zero-order valence-electron chi connectivity index (χ0n) is 15.1. The molecule has 0 saturated heterocycles. The van der Waals surface area contributed by atoms with Crippen LogP contribution in [0.2, 0.25) is 0 Å². The van der Waals surface area contributed by atoms with Gasteiger partial charge in [-0.05, 0) is 49.8 Å². The summed E-state index contributed by atoms with van der Waals surface area (Å²) in [5.41, 5.74) is 1.05. The van der Waals surface area contributed by atoms with E-state index in [1.807, 2.05) is 24.3 Å². The summed E-state index contributed by atoms with van der Waals surface area (Å²) < 4.78 is 11.0. The molecule has 5 heteroatoms. The van der Waals surface area contributed by atoms with Crippen molar-refractivity contribution < 1.29 is 14.3 Å². The molecule has 1 rings (SSSR count). The van der Waals surface area contributed by atoms with Crippen molar-refractivity contribution in [2.45, 2.75) is 63.9 Å². The smallest absolute Gasteiger partial charge is 0.306 e. The van der Waals surface area contributed by atoms with Crippen LogP contribution in [0.3, 0.4) is 0 Å². The second kappa shape index (κ2) is 14.6. The van der Waals surface area contributed by atoms with Gasteiger partial charge in [-0.25, -0.2) is 0 Å². The van der Waals surface area contributed by atoms with Gasteiger partial charge in [-0.1, -0.05) is 63.3 Å². The highest BCUT2D eigenvalue weighted by atomic mass is 79.9. The largest absolute Gasteiger partial charge is 0.497 e. The van der Waals surface area contributed by atoms with Crippen molar-refractivity contribution in [3.8, 4) is 5.75 Å². The molecule has 1 atom stereocenters. The molecule has 0 aliphatic heterocycles. The molecule has 0 heterocycles.